The lowest BCUT2D eigenvalue weighted by Crippen LogP contribution is -2.14. The number of carbonyl (C=O) groups is 1. The first-order valence-corrected chi connectivity index (χ1v) is 8.01. The van der Waals surface area contributed by atoms with Crippen LogP contribution in [0.15, 0.2) is 18.2 Å². The van der Waals surface area contributed by atoms with E-state index in [4.69, 9.17) is 11.6 Å². The number of aryl methyl sites for hydroxylation is 1. The van der Waals surface area contributed by atoms with Crippen molar-refractivity contribution in [2.75, 3.05) is 5.32 Å². The standard InChI is InChI=1S/C14H12ClFN6OS/c1-7-12(20-24-19-7)6-22-8(2)13(18-21-22)14(23)17-9-3-4-11(16)10(15)5-9/h3-5H,6H2,1-2H3,(H,17,23). The maximum Gasteiger partial charge on any atom is 0.278 e. The van der Waals surface area contributed by atoms with Crippen molar-refractivity contribution >= 4 is 34.9 Å². The number of rotatable bonds is 4. The average Bonchev–Trinajstić information content (AvgIpc) is 3.10. The molecule has 0 bridgehead atoms. The molecule has 1 N–H and O–H groups in total. The van der Waals surface area contributed by atoms with Crippen LogP contribution in [-0.4, -0.2) is 29.6 Å². The summed E-state index contributed by atoms with van der Waals surface area (Å²) in [5.41, 5.74) is 2.75. The first-order valence-electron chi connectivity index (χ1n) is 6.90. The topological polar surface area (TPSA) is 85.6 Å². The van der Waals surface area contributed by atoms with Crippen molar-refractivity contribution < 1.29 is 9.18 Å². The van der Waals surface area contributed by atoms with Crippen LogP contribution >= 0.6 is 23.3 Å². The minimum atomic E-state index is -0.552. The van der Waals surface area contributed by atoms with Gasteiger partial charge < -0.3 is 5.32 Å². The molecule has 0 aliphatic heterocycles. The maximum atomic E-state index is 13.2. The summed E-state index contributed by atoms with van der Waals surface area (Å²) in [5.74, 6) is -1.00. The van der Waals surface area contributed by atoms with Crippen LogP contribution in [0.25, 0.3) is 0 Å². The summed E-state index contributed by atoms with van der Waals surface area (Å²) in [5, 5.41) is 10.4. The molecule has 0 radical (unpaired) electrons. The predicted octanol–water partition coefficient (Wildman–Crippen LogP) is 2.84. The van der Waals surface area contributed by atoms with E-state index in [1.165, 1.54) is 18.2 Å². The summed E-state index contributed by atoms with van der Waals surface area (Å²) in [6, 6.07) is 3.93. The van der Waals surface area contributed by atoms with E-state index in [0.29, 0.717) is 17.9 Å². The molecule has 3 aromatic rings. The first kappa shape index (κ1) is 16.5. The van der Waals surface area contributed by atoms with Gasteiger partial charge in [-0.3, -0.25) is 4.79 Å². The third kappa shape index (κ3) is 3.26. The molecule has 0 unspecified atom stereocenters. The number of carbonyl (C=O) groups excluding carboxylic acids is 1. The van der Waals surface area contributed by atoms with Crippen LogP contribution in [0.2, 0.25) is 5.02 Å². The molecule has 0 spiro atoms. The molecular weight excluding hydrogens is 355 g/mol. The van der Waals surface area contributed by atoms with Crippen LogP contribution in [0.1, 0.15) is 27.6 Å². The highest BCUT2D eigenvalue weighted by molar-refractivity contribution is 6.99. The normalized spacial score (nSPS) is 10.8. The number of hydrogen-bond acceptors (Lipinski definition) is 6. The molecule has 0 fully saturated rings. The summed E-state index contributed by atoms with van der Waals surface area (Å²) >= 11 is 6.83. The molecule has 0 saturated heterocycles. The van der Waals surface area contributed by atoms with Crippen LogP contribution in [0.5, 0.6) is 0 Å². The molecule has 0 saturated carbocycles. The van der Waals surface area contributed by atoms with Crippen molar-refractivity contribution in [3.05, 3.63) is 51.8 Å². The van der Waals surface area contributed by atoms with Crippen LogP contribution in [0.4, 0.5) is 10.1 Å². The Hall–Kier alpha value is -2.39. The molecule has 1 amide bonds. The molecule has 24 heavy (non-hydrogen) atoms. The Bertz CT molecular complexity index is 909. The predicted molar refractivity (Wildman–Crippen MR) is 87.9 cm³/mol. The Morgan fingerprint density at radius 2 is 2.17 bits per heavy atom. The van der Waals surface area contributed by atoms with Gasteiger partial charge in [-0.25, -0.2) is 9.07 Å². The van der Waals surface area contributed by atoms with Gasteiger partial charge in [0.05, 0.1) is 40.4 Å². The highest BCUT2D eigenvalue weighted by atomic mass is 35.5. The fourth-order valence-electron chi connectivity index (χ4n) is 2.02. The van der Waals surface area contributed by atoms with Gasteiger partial charge in [0.2, 0.25) is 0 Å². The number of halogens is 2. The van der Waals surface area contributed by atoms with Gasteiger partial charge in [-0.15, -0.1) is 5.10 Å². The van der Waals surface area contributed by atoms with Gasteiger partial charge >= 0.3 is 0 Å². The molecule has 0 atom stereocenters. The summed E-state index contributed by atoms with van der Waals surface area (Å²) in [7, 11) is 0. The number of anilines is 1. The molecule has 2 heterocycles. The van der Waals surface area contributed by atoms with Crippen molar-refractivity contribution in [3.8, 4) is 0 Å². The molecule has 3 rings (SSSR count). The van der Waals surface area contributed by atoms with Crippen LogP contribution in [0.3, 0.4) is 0 Å². The van der Waals surface area contributed by atoms with Crippen LogP contribution in [0, 0.1) is 19.7 Å². The van der Waals surface area contributed by atoms with Gasteiger partial charge in [0, 0.05) is 5.69 Å². The van der Waals surface area contributed by atoms with Gasteiger partial charge in [0.1, 0.15) is 5.82 Å². The molecule has 124 valence electrons. The zero-order chi connectivity index (χ0) is 17.3. The van der Waals surface area contributed by atoms with E-state index in [2.05, 4.69) is 24.4 Å². The molecule has 7 nitrogen and oxygen atoms in total. The Balaban J connectivity index is 1.78. The second kappa shape index (κ2) is 6.62. The summed E-state index contributed by atoms with van der Waals surface area (Å²) in [4.78, 5) is 12.3. The zero-order valence-electron chi connectivity index (χ0n) is 12.7. The number of amides is 1. The van der Waals surface area contributed by atoms with E-state index in [-0.39, 0.29) is 10.7 Å². The number of hydrogen-bond donors (Lipinski definition) is 1. The molecule has 2 aromatic heterocycles. The van der Waals surface area contributed by atoms with Crippen molar-refractivity contribution in [2.45, 2.75) is 20.4 Å². The van der Waals surface area contributed by atoms with Crippen LogP contribution < -0.4 is 5.32 Å². The second-order valence-corrected chi connectivity index (χ2v) is 6.00. The first-order chi connectivity index (χ1) is 11.5. The Morgan fingerprint density at radius 3 is 2.83 bits per heavy atom. The highest BCUT2D eigenvalue weighted by Crippen LogP contribution is 2.20. The minimum absolute atomic E-state index is 0.0697. The summed E-state index contributed by atoms with van der Waals surface area (Å²) in [6.45, 7) is 3.98. The Kier molecular flexibility index (Phi) is 4.54. The third-order valence-electron chi connectivity index (χ3n) is 3.42. The maximum absolute atomic E-state index is 13.2. The average molecular weight is 367 g/mol. The number of nitrogens with zero attached hydrogens (tertiary/aromatic N) is 5. The van der Waals surface area contributed by atoms with Crippen molar-refractivity contribution in [1.82, 2.24) is 23.7 Å². The second-order valence-electron chi connectivity index (χ2n) is 5.06. The van der Waals surface area contributed by atoms with E-state index in [9.17, 15) is 9.18 Å². The van der Waals surface area contributed by atoms with Crippen molar-refractivity contribution in [2.24, 2.45) is 0 Å². The summed E-state index contributed by atoms with van der Waals surface area (Å²) < 4.78 is 23.0. The largest absolute Gasteiger partial charge is 0.320 e. The van der Waals surface area contributed by atoms with Gasteiger partial charge in [-0.2, -0.15) is 8.75 Å². The quantitative estimate of drug-likeness (QED) is 0.767. The lowest BCUT2D eigenvalue weighted by molar-refractivity contribution is 0.102. The van der Waals surface area contributed by atoms with Gasteiger partial charge in [0.25, 0.3) is 5.91 Å². The van der Waals surface area contributed by atoms with E-state index < -0.39 is 11.7 Å². The lowest BCUT2D eigenvalue weighted by atomic mass is 10.2. The molecule has 10 heteroatoms. The van der Waals surface area contributed by atoms with Crippen molar-refractivity contribution in [1.29, 1.82) is 0 Å². The Labute approximate surface area is 145 Å². The lowest BCUT2D eigenvalue weighted by Gasteiger charge is -2.05. The fourth-order valence-corrected chi connectivity index (χ4v) is 2.76. The van der Waals surface area contributed by atoms with Gasteiger partial charge in [-0.05, 0) is 32.0 Å². The van der Waals surface area contributed by atoms with Crippen LogP contribution in [-0.2, 0) is 6.54 Å². The summed E-state index contributed by atoms with van der Waals surface area (Å²) in [6.07, 6.45) is 0. The van der Waals surface area contributed by atoms with E-state index in [1.807, 2.05) is 6.92 Å². The smallest absolute Gasteiger partial charge is 0.278 e. The number of aromatic nitrogens is 5. The van der Waals surface area contributed by atoms with E-state index >= 15 is 0 Å². The van der Waals surface area contributed by atoms with Crippen molar-refractivity contribution in [3.63, 3.8) is 0 Å². The highest BCUT2D eigenvalue weighted by Gasteiger charge is 2.18. The SMILES string of the molecule is Cc1nsnc1Cn1nnc(C(=O)Nc2ccc(F)c(Cl)c2)c1C. The van der Waals surface area contributed by atoms with E-state index in [0.717, 1.165) is 23.1 Å². The monoisotopic (exact) mass is 366 g/mol. The molecular formula is C14H12ClFN6OS. The Morgan fingerprint density at radius 1 is 1.38 bits per heavy atom. The molecule has 1 aromatic carbocycles. The molecule has 0 aliphatic carbocycles. The number of nitrogens with one attached hydrogen (secondary N) is 1. The minimum Gasteiger partial charge on any atom is -0.320 e. The molecule has 0 aliphatic rings. The van der Waals surface area contributed by atoms with Gasteiger partial charge in [0.15, 0.2) is 5.69 Å². The number of benzene rings is 1. The zero-order valence-corrected chi connectivity index (χ0v) is 14.3. The fraction of sp³-hybridized carbons (Fsp3) is 0.214. The van der Waals surface area contributed by atoms with Gasteiger partial charge in [-0.1, -0.05) is 16.8 Å². The van der Waals surface area contributed by atoms with E-state index in [1.54, 1.807) is 11.6 Å². The third-order valence-corrected chi connectivity index (χ3v) is 4.37.